The van der Waals surface area contributed by atoms with Crippen molar-refractivity contribution < 1.29 is 4.74 Å². The number of benzene rings is 1. The van der Waals surface area contributed by atoms with Crippen LogP contribution in [-0.2, 0) is 0 Å². The van der Waals surface area contributed by atoms with Gasteiger partial charge in [-0.25, -0.2) is 4.98 Å². The van der Waals surface area contributed by atoms with Gasteiger partial charge in [-0.2, -0.15) is 10.2 Å². The zero-order valence-electron chi connectivity index (χ0n) is 11.4. The van der Waals surface area contributed by atoms with Crippen LogP contribution in [0.1, 0.15) is 18.4 Å². The molecular formula is C15H13ClN4O. The molecule has 0 bridgehead atoms. The van der Waals surface area contributed by atoms with Gasteiger partial charge in [-0.3, -0.25) is 0 Å². The first-order chi connectivity index (χ1) is 10.2. The predicted molar refractivity (Wildman–Crippen MR) is 80.4 cm³/mol. The summed E-state index contributed by atoms with van der Waals surface area (Å²) < 4.78 is 5.21. The van der Waals surface area contributed by atoms with Gasteiger partial charge in [0.25, 0.3) is 0 Å². The van der Waals surface area contributed by atoms with Crippen molar-refractivity contribution >= 4 is 17.5 Å². The van der Waals surface area contributed by atoms with Crippen LogP contribution < -0.4 is 10.1 Å². The highest BCUT2D eigenvalue weighted by atomic mass is 35.5. The lowest BCUT2D eigenvalue weighted by Crippen LogP contribution is -2.07. The summed E-state index contributed by atoms with van der Waals surface area (Å²) in [5.74, 6) is 1.15. The van der Waals surface area contributed by atoms with Gasteiger partial charge in [0.15, 0.2) is 5.15 Å². The largest absolute Gasteiger partial charge is 0.497 e. The van der Waals surface area contributed by atoms with E-state index in [4.69, 9.17) is 16.3 Å². The fraction of sp³-hybridized carbons (Fsp3) is 0.267. The SMILES string of the molecule is COc1cccc(-c2nc(NC3CC3)nc(Cl)c2C#N)c1. The normalized spacial score (nSPS) is 13.6. The van der Waals surface area contributed by atoms with Gasteiger partial charge in [-0.1, -0.05) is 23.7 Å². The lowest BCUT2D eigenvalue weighted by Gasteiger charge is -2.10. The maximum atomic E-state index is 9.31. The van der Waals surface area contributed by atoms with Crippen molar-refractivity contribution in [2.75, 3.05) is 12.4 Å². The van der Waals surface area contributed by atoms with Gasteiger partial charge >= 0.3 is 0 Å². The number of nitrogens with one attached hydrogen (secondary N) is 1. The Balaban J connectivity index is 2.09. The number of halogens is 1. The van der Waals surface area contributed by atoms with Crippen molar-refractivity contribution in [3.63, 3.8) is 0 Å². The Morgan fingerprint density at radius 1 is 1.38 bits per heavy atom. The molecule has 1 heterocycles. The van der Waals surface area contributed by atoms with E-state index in [9.17, 15) is 5.26 Å². The van der Waals surface area contributed by atoms with Crippen LogP contribution in [0.5, 0.6) is 5.75 Å². The average molecular weight is 301 g/mol. The van der Waals surface area contributed by atoms with Gasteiger partial charge in [0, 0.05) is 11.6 Å². The first-order valence-corrected chi connectivity index (χ1v) is 6.97. The molecule has 6 heteroatoms. The molecule has 3 rings (SSSR count). The maximum absolute atomic E-state index is 9.31. The van der Waals surface area contributed by atoms with Gasteiger partial charge in [0.2, 0.25) is 5.95 Å². The van der Waals surface area contributed by atoms with Gasteiger partial charge < -0.3 is 10.1 Å². The molecule has 0 aliphatic heterocycles. The summed E-state index contributed by atoms with van der Waals surface area (Å²) >= 11 is 6.12. The third-order valence-corrected chi connectivity index (χ3v) is 3.50. The summed E-state index contributed by atoms with van der Waals surface area (Å²) in [7, 11) is 1.59. The van der Waals surface area contributed by atoms with Gasteiger partial charge in [-0.15, -0.1) is 0 Å². The number of hydrogen-bond donors (Lipinski definition) is 1. The molecule has 0 spiro atoms. The summed E-state index contributed by atoms with van der Waals surface area (Å²) in [5.41, 5.74) is 1.56. The first-order valence-electron chi connectivity index (χ1n) is 6.60. The van der Waals surface area contributed by atoms with Crippen LogP contribution in [0, 0.1) is 11.3 Å². The lowest BCUT2D eigenvalue weighted by atomic mass is 10.1. The van der Waals surface area contributed by atoms with E-state index < -0.39 is 0 Å². The highest BCUT2D eigenvalue weighted by Crippen LogP contribution is 2.31. The maximum Gasteiger partial charge on any atom is 0.224 e. The monoisotopic (exact) mass is 300 g/mol. The Morgan fingerprint density at radius 3 is 2.86 bits per heavy atom. The fourth-order valence-electron chi connectivity index (χ4n) is 1.99. The highest BCUT2D eigenvalue weighted by molar-refractivity contribution is 6.31. The van der Waals surface area contributed by atoms with Crippen LogP contribution in [0.3, 0.4) is 0 Å². The zero-order valence-corrected chi connectivity index (χ0v) is 12.2. The van der Waals surface area contributed by atoms with E-state index >= 15 is 0 Å². The third kappa shape index (κ3) is 2.91. The van der Waals surface area contributed by atoms with E-state index in [1.165, 1.54) is 0 Å². The molecule has 0 atom stereocenters. The molecule has 0 radical (unpaired) electrons. The summed E-state index contributed by atoms with van der Waals surface area (Å²) in [6.45, 7) is 0. The van der Waals surface area contributed by atoms with Crippen molar-refractivity contribution in [2.45, 2.75) is 18.9 Å². The number of methoxy groups -OCH3 is 1. The Labute approximate surface area is 127 Å². The molecular weight excluding hydrogens is 288 g/mol. The number of nitriles is 1. The summed E-state index contributed by atoms with van der Waals surface area (Å²) in [5, 5.41) is 12.7. The molecule has 21 heavy (non-hydrogen) atoms. The van der Waals surface area contributed by atoms with Gasteiger partial charge in [0.1, 0.15) is 17.4 Å². The standard InChI is InChI=1S/C15H13ClN4O/c1-21-11-4-2-3-9(7-11)13-12(8-17)14(16)20-15(19-13)18-10-5-6-10/h2-4,7,10H,5-6H2,1H3,(H,18,19,20). The third-order valence-electron chi connectivity index (χ3n) is 3.23. The minimum Gasteiger partial charge on any atom is -0.497 e. The second kappa shape index (κ2) is 5.58. The van der Waals surface area contributed by atoms with E-state index in [1.54, 1.807) is 7.11 Å². The Kier molecular flexibility index (Phi) is 3.63. The molecule has 2 aromatic rings. The minimum atomic E-state index is 0.161. The van der Waals surface area contributed by atoms with E-state index in [1.807, 2.05) is 24.3 Å². The first kappa shape index (κ1) is 13.7. The molecule has 5 nitrogen and oxygen atoms in total. The van der Waals surface area contributed by atoms with Gasteiger partial charge in [0.05, 0.1) is 12.8 Å². The summed E-state index contributed by atoms with van der Waals surface area (Å²) in [4.78, 5) is 8.59. The Morgan fingerprint density at radius 2 is 2.19 bits per heavy atom. The van der Waals surface area contributed by atoms with Crippen LogP contribution >= 0.6 is 11.6 Å². The molecule has 0 saturated heterocycles. The summed E-state index contributed by atoms with van der Waals surface area (Å²) in [6, 6.07) is 9.85. The molecule has 0 amide bonds. The summed E-state index contributed by atoms with van der Waals surface area (Å²) in [6.07, 6.45) is 2.21. The molecule has 0 unspecified atom stereocenters. The lowest BCUT2D eigenvalue weighted by molar-refractivity contribution is 0.415. The fourth-order valence-corrected chi connectivity index (χ4v) is 2.20. The average Bonchev–Trinajstić information content (AvgIpc) is 3.30. The van der Waals surface area contributed by atoms with Crippen molar-refractivity contribution in [1.82, 2.24) is 9.97 Å². The predicted octanol–water partition coefficient (Wildman–Crippen LogP) is 3.25. The number of ether oxygens (including phenoxy) is 1. The zero-order chi connectivity index (χ0) is 14.8. The number of rotatable bonds is 4. The van der Waals surface area contributed by atoms with E-state index in [0.717, 1.165) is 18.4 Å². The highest BCUT2D eigenvalue weighted by Gasteiger charge is 2.23. The van der Waals surface area contributed by atoms with Gasteiger partial charge in [-0.05, 0) is 25.0 Å². The van der Waals surface area contributed by atoms with E-state index in [0.29, 0.717) is 23.4 Å². The van der Waals surface area contributed by atoms with Crippen molar-refractivity contribution in [2.24, 2.45) is 0 Å². The molecule has 1 aromatic carbocycles. The van der Waals surface area contributed by atoms with E-state index in [-0.39, 0.29) is 10.7 Å². The molecule has 1 aliphatic rings. The van der Waals surface area contributed by atoms with Crippen molar-refractivity contribution in [3.05, 3.63) is 35.0 Å². The van der Waals surface area contributed by atoms with Crippen LogP contribution in [-0.4, -0.2) is 23.1 Å². The quantitative estimate of drug-likeness (QED) is 0.878. The van der Waals surface area contributed by atoms with Crippen molar-refractivity contribution in [3.8, 4) is 23.1 Å². The Bertz CT molecular complexity index is 722. The molecule has 1 saturated carbocycles. The van der Waals surface area contributed by atoms with Crippen LogP contribution in [0.4, 0.5) is 5.95 Å². The van der Waals surface area contributed by atoms with Crippen LogP contribution in [0.15, 0.2) is 24.3 Å². The molecule has 1 aliphatic carbocycles. The Hall–Kier alpha value is -2.32. The molecule has 1 fully saturated rings. The van der Waals surface area contributed by atoms with E-state index in [2.05, 4.69) is 21.4 Å². The van der Waals surface area contributed by atoms with Crippen molar-refractivity contribution in [1.29, 1.82) is 5.26 Å². The smallest absolute Gasteiger partial charge is 0.224 e. The molecule has 106 valence electrons. The molecule has 1 N–H and O–H groups in total. The van der Waals surface area contributed by atoms with Crippen LogP contribution in [0.2, 0.25) is 5.15 Å². The second-order valence-corrected chi connectivity index (χ2v) is 5.18. The second-order valence-electron chi connectivity index (χ2n) is 4.82. The minimum absolute atomic E-state index is 0.161. The topological polar surface area (TPSA) is 70.8 Å². The number of aromatic nitrogens is 2. The number of anilines is 1. The van der Waals surface area contributed by atoms with Crippen LogP contribution in [0.25, 0.3) is 11.3 Å². The molecule has 1 aromatic heterocycles. The number of hydrogen-bond acceptors (Lipinski definition) is 5. The number of nitrogens with zero attached hydrogens (tertiary/aromatic N) is 3.